The fourth-order valence-electron chi connectivity index (χ4n) is 2.23. The molecule has 1 fully saturated rings. The van der Waals surface area contributed by atoms with E-state index in [2.05, 4.69) is 25.5 Å². The predicted molar refractivity (Wildman–Crippen MR) is 82.7 cm³/mol. The third-order valence-corrected chi connectivity index (χ3v) is 3.62. The molecule has 4 rings (SSSR count). The van der Waals surface area contributed by atoms with Crippen molar-refractivity contribution in [2.45, 2.75) is 25.3 Å². The van der Waals surface area contributed by atoms with Crippen molar-refractivity contribution in [2.24, 2.45) is 0 Å². The molecule has 1 saturated carbocycles. The molecular formula is C16H16N6. The third kappa shape index (κ3) is 2.81. The minimum absolute atomic E-state index is 0.591. The van der Waals surface area contributed by atoms with Crippen LogP contribution in [0.25, 0.3) is 5.69 Å². The van der Waals surface area contributed by atoms with Crippen molar-refractivity contribution in [3.05, 3.63) is 60.3 Å². The first kappa shape index (κ1) is 12.9. The normalized spacial score (nSPS) is 14.0. The van der Waals surface area contributed by atoms with Crippen LogP contribution in [0.3, 0.4) is 0 Å². The smallest absolute Gasteiger partial charge is 0.169 e. The average Bonchev–Trinajstić information content (AvgIpc) is 3.32. The number of benzene rings is 1. The van der Waals surface area contributed by atoms with Crippen LogP contribution in [0.15, 0.2) is 48.9 Å². The van der Waals surface area contributed by atoms with Gasteiger partial charge in [-0.05, 0) is 25.0 Å². The van der Waals surface area contributed by atoms with Gasteiger partial charge in [-0.1, -0.05) is 18.2 Å². The van der Waals surface area contributed by atoms with Crippen molar-refractivity contribution in [1.82, 2.24) is 25.0 Å². The Morgan fingerprint density at radius 2 is 1.82 bits per heavy atom. The van der Waals surface area contributed by atoms with Gasteiger partial charge < -0.3 is 5.32 Å². The molecule has 0 radical (unpaired) electrons. The second-order valence-electron chi connectivity index (χ2n) is 5.43. The lowest BCUT2D eigenvalue weighted by atomic mass is 10.3. The zero-order valence-electron chi connectivity index (χ0n) is 12.1. The number of aromatic nitrogens is 5. The summed E-state index contributed by atoms with van der Waals surface area (Å²) < 4.78 is 0. The molecule has 22 heavy (non-hydrogen) atoms. The highest BCUT2D eigenvalue weighted by molar-refractivity contribution is 5.35. The quantitative estimate of drug-likeness (QED) is 0.782. The summed E-state index contributed by atoms with van der Waals surface area (Å²) in [5.74, 6) is 2.29. The summed E-state index contributed by atoms with van der Waals surface area (Å²) in [5, 5.41) is 11.9. The first-order valence-corrected chi connectivity index (χ1v) is 7.41. The van der Waals surface area contributed by atoms with Crippen LogP contribution in [0, 0.1) is 0 Å². The van der Waals surface area contributed by atoms with Crippen molar-refractivity contribution in [3.63, 3.8) is 0 Å². The number of hydrogen-bond donors (Lipinski definition) is 1. The number of rotatable bonds is 5. The van der Waals surface area contributed by atoms with Gasteiger partial charge in [0.2, 0.25) is 0 Å². The topological polar surface area (TPSA) is 68.5 Å². The molecule has 1 aromatic carbocycles. The molecule has 0 saturated heterocycles. The fraction of sp³-hybridized carbons (Fsp3) is 0.250. The molecule has 0 atom stereocenters. The molecular weight excluding hydrogens is 276 g/mol. The monoisotopic (exact) mass is 292 g/mol. The largest absolute Gasteiger partial charge is 0.363 e. The van der Waals surface area contributed by atoms with E-state index in [1.165, 1.54) is 12.8 Å². The van der Waals surface area contributed by atoms with Crippen LogP contribution in [0.5, 0.6) is 0 Å². The van der Waals surface area contributed by atoms with Crippen LogP contribution in [0.2, 0.25) is 0 Å². The number of anilines is 1. The molecule has 0 spiro atoms. The van der Waals surface area contributed by atoms with Crippen molar-refractivity contribution < 1.29 is 0 Å². The minimum Gasteiger partial charge on any atom is -0.363 e. The third-order valence-electron chi connectivity index (χ3n) is 3.62. The summed E-state index contributed by atoms with van der Waals surface area (Å²) in [5.41, 5.74) is 1.98. The summed E-state index contributed by atoms with van der Waals surface area (Å²) in [6.07, 6.45) is 7.93. The first-order chi connectivity index (χ1) is 10.9. The van der Waals surface area contributed by atoms with Crippen molar-refractivity contribution in [3.8, 4) is 5.69 Å². The van der Waals surface area contributed by atoms with E-state index >= 15 is 0 Å². The van der Waals surface area contributed by atoms with Gasteiger partial charge in [0.15, 0.2) is 5.82 Å². The fourth-order valence-corrected chi connectivity index (χ4v) is 2.23. The Kier molecular flexibility index (Phi) is 3.27. The van der Waals surface area contributed by atoms with Crippen molar-refractivity contribution in [1.29, 1.82) is 0 Å². The van der Waals surface area contributed by atoms with Crippen molar-refractivity contribution in [2.75, 3.05) is 5.32 Å². The summed E-state index contributed by atoms with van der Waals surface area (Å²) in [7, 11) is 0. The van der Waals surface area contributed by atoms with E-state index in [1.54, 1.807) is 11.0 Å². The minimum atomic E-state index is 0.591. The molecule has 110 valence electrons. The lowest BCUT2D eigenvalue weighted by molar-refractivity contribution is 0.752. The van der Waals surface area contributed by atoms with Crippen LogP contribution in [0.1, 0.15) is 30.1 Å². The Morgan fingerprint density at radius 3 is 2.55 bits per heavy atom. The maximum absolute atomic E-state index is 4.41. The highest BCUT2D eigenvalue weighted by Gasteiger charge is 2.25. The van der Waals surface area contributed by atoms with E-state index in [0.29, 0.717) is 12.5 Å². The van der Waals surface area contributed by atoms with E-state index in [0.717, 1.165) is 22.9 Å². The van der Waals surface area contributed by atoms with Crippen molar-refractivity contribution >= 4 is 5.82 Å². The van der Waals surface area contributed by atoms with Gasteiger partial charge in [-0.2, -0.15) is 5.10 Å². The molecule has 1 aliphatic rings. The van der Waals surface area contributed by atoms with Crippen LogP contribution in [-0.4, -0.2) is 25.0 Å². The van der Waals surface area contributed by atoms with E-state index in [1.807, 2.05) is 42.7 Å². The number of nitrogens with zero attached hydrogens (tertiary/aromatic N) is 5. The molecule has 3 aromatic rings. The molecule has 2 heterocycles. The summed E-state index contributed by atoms with van der Waals surface area (Å²) in [4.78, 5) is 10.4. The maximum Gasteiger partial charge on any atom is 0.169 e. The van der Waals surface area contributed by atoms with Gasteiger partial charge in [0.1, 0.15) is 5.82 Å². The first-order valence-electron chi connectivity index (χ1n) is 7.41. The van der Waals surface area contributed by atoms with Gasteiger partial charge in [0, 0.05) is 30.4 Å². The predicted octanol–water partition coefficient (Wildman–Crippen LogP) is 2.55. The Bertz CT molecular complexity index is 746. The number of nitrogens with one attached hydrogen (secondary N) is 1. The zero-order chi connectivity index (χ0) is 14.8. The van der Waals surface area contributed by atoms with Crippen LogP contribution in [0.4, 0.5) is 5.82 Å². The highest BCUT2D eigenvalue weighted by atomic mass is 15.5. The Labute approximate surface area is 128 Å². The molecule has 0 bridgehead atoms. The zero-order valence-corrected chi connectivity index (χ0v) is 12.1. The maximum atomic E-state index is 4.41. The molecule has 1 N–H and O–H groups in total. The Balaban J connectivity index is 1.40. The van der Waals surface area contributed by atoms with E-state index in [9.17, 15) is 0 Å². The summed E-state index contributed by atoms with van der Waals surface area (Å²) in [6, 6.07) is 9.83. The van der Waals surface area contributed by atoms with Gasteiger partial charge in [-0.25, -0.2) is 9.97 Å². The second-order valence-corrected chi connectivity index (χ2v) is 5.43. The summed E-state index contributed by atoms with van der Waals surface area (Å²) >= 11 is 0. The van der Waals surface area contributed by atoms with E-state index in [-0.39, 0.29) is 0 Å². The lowest BCUT2D eigenvalue weighted by Crippen LogP contribution is -2.04. The number of para-hydroxylation sites is 1. The molecule has 6 nitrogen and oxygen atoms in total. The van der Waals surface area contributed by atoms with Gasteiger partial charge in [0.25, 0.3) is 0 Å². The SMILES string of the molecule is c1ccc(-n2ncc(NCc3cnc(C4CC4)nc3)n2)cc1. The van der Waals surface area contributed by atoms with Gasteiger partial charge in [0.05, 0.1) is 11.9 Å². The van der Waals surface area contributed by atoms with E-state index in [4.69, 9.17) is 0 Å². The Morgan fingerprint density at radius 1 is 1.05 bits per heavy atom. The second kappa shape index (κ2) is 5.55. The number of hydrogen-bond acceptors (Lipinski definition) is 5. The van der Waals surface area contributed by atoms with Crippen LogP contribution < -0.4 is 5.32 Å². The molecule has 0 amide bonds. The molecule has 0 aliphatic heterocycles. The lowest BCUT2D eigenvalue weighted by Gasteiger charge is -2.03. The highest BCUT2D eigenvalue weighted by Crippen LogP contribution is 2.37. The average molecular weight is 292 g/mol. The van der Waals surface area contributed by atoms with E-state index < -0.39 is 0 Å². The van der Waals surface area contributed by atoms with Gasteiger partial charge in [-0.3, -0.25) is 0 Å². The molecule has 0 unspecified atom stereocenters. The molecule has 2 aromatic heterocycles. The molecule has 1 aliphatic carbocycles. The Hall–Kier alpha value is -2.76. The van der Waals surface area contributed by atoms with Gasteiger partial charge >= 0.3 is 0 Å². The summed E-state index contributed by atoms with van der Waals surface area (Å²) in [6.45, 7) is 0.637. The molecule has 6 heteroatoms. The van der Waals surface area contributed by atoms with Gasteiger partial charge in [-0.15, -0.1) is 9.90 Å². The van der Waals surface area contributed by atoms with Crippen LogP contribution in [-0.2, 0) is 6.54 Å². The van der Waals surface area contributed by atoms with Crippen LogP contribution >= 0.6 is 0 Å². The standard InChI is InChI=1S/C16H16N6/c1-2-4-14(5-3-1)22-20-11-15(21-22)17-8-12-9-18-16(19-10-12)13-6-7-13/h1-5,9-11,13H,6-8H2,(H,17,21).